The zero-order valence-electron chi connectivity index (χ0n) is 31.2. The number of guanidine groups is 1. The summed E-state index contributed by atoms with van der Waals surface area (Å²) in [6, 6.07) is 33.2. The number of amides is 3. The summed E-state index contributed by atoms with van der Waals surface area (Å²) >= 11 is 0. The predicted octanol–water partition coefficient (Wildman–Crippen LogP) is 7.64. The Labute approximate surface area is 318 Å². The molecule has 6 rings (SSSR count). The van der Waals surface area contributed by atoms with Gasteiger partial charge in [0.25, 0.3) is 0 Å². The van der Waals surface area contributed by atoms with E-state index in [-0.39, 0.29) is 37.0 Å². The first-order chi connectivity index (χ1) is 26.3. The van der Waals surface area contributed by atoms with Crippen LogP contribution in [0.15, 0.2) is 108 Å². The van der Waals surface area contributed by atoms with Crippen molar-refractivity contribution in [3.63, 3.8) is 0 Å². The van der Waals surface area contributed by atoms with Crippen LogP contribution in [0.4, 0.5) is 21.9 Å². The highest BCUT2D eigenvalue weighted by molar-refractivity contribution is 6.01. The third kappa shape index (κ3) is 10.6. The van der Waals surface area contributed by atoms with E-state index in [9.17, 15) is 14.4 Å². The summed E-state index contributed by atoms with van der Waals surface area (Å²) < 4.78 is 12.0. The Bertz CT molecular complexity index is 1850. The average molecular weight is 731 g/mol. The molecule has 282 valence electrons. The van der Waals surface area contributed by atoms with Crippen LogP contribution in [0.5, 0.6) is 5.75 Å². The van der Waals surface area contributed by atoms with Gasteiger partial charge < -0.3 is 29.5 Å². The Morgan fingerprint density at radius 2 is 1.46 bits per heavy atom. The molecule has 1 heterocycles. The van der Waals surface area contributed by atoms with Crippen molar-refractivity contribution in [2.24, 2.45) is 4.99 Å². The van der Waals surface area contributed by atoms with Crippen molar-refractivity contribution < 1.29 is 23.9 Å². The van der Waals surface area contributed by atoms with Crippen molar-refractivity contribution in [1.29, 1.82) is 0 Å². The molecule has 1 aliphatic heterocycles. The first-order valence-electron chi connectivity index (χ1n) is 18.8. The Morgan fingerprint density at radius 3 is 2.15 bits per heavy atom. The number of para-hydroxylation sites is 2. The highest BCUT2D eigenvalue weighted by atomic mass is 16.6. The highest BCUT2D eigenvalue weighted by Gasteiger charge is 2.28. The number of nitrogens with one attached hydrogen (secondary N) is 2. The van der Waals surface area contributed by atoms with E-state index in [1.165, 1.54) is 0 Å². The number of hydrogen-bond donors (Lipinski definition) is 2. The minimum atomic E-state index is -0.585. The molecule has 1 saturated carbocycles. The van der Waals surface area contributed by atoms with Crippen molar-refractivity contribution in [3.05, 3.63) is 120 Å². The number of benzene rings is 4. The third-order valence-corrected chi connectivity index (χ3v) is 9.60. The fraction of sp³-hybridized carbons (Fsp3) is 0.349. The van der Waals surface area contributed by atoms with E-state index >= 15 is 0 Å². The monoisotopic (exact) mass is 730 g/mol. The van der Waals surface area contributed by atoms with Crippen LogP contribution in [-0.2, 0) is 34.0 Å². The zero-order chi connectivity index (χ0) is 37.7. The third-order valence-electron chi connectivity index (χ3n) is 9.60. The molecular formula is C43H50N6O5. The quantitative estimate of drug-likeness (QED) is 0.128. The van der Waals surface area contributed by atoms with Crippen LogP contribution >= 0.6 is 0 Å². The summed E-state index contributed by atoms with van der Waals surface area (Å²) in [5.74, 6) is 0.630. The van der Waals surface area contributed by atoms with Crippen LogP contribution in [-0.4, -0.2) is 67.0 Å². The molecule has 0 saturated heterocycles. The van der Waals surface area contributed by atoms with Crippen LogP contribution < -0.4 is 20.3 Å². The Hall–Kier alpha value is -5.84. The predicted molar refractivity (Wildman–Crippen MR) is 212 cm³/mol. The first-order valence-corrected chi connectivity index (χ1v) is 18.8. The summed E-state index contributed by atoms with van der Waals surface area (Å²) in [7, 11) is 3.84. The molecule has 2 N–H and O–H groups in total. The van der Waals surface area contributed by atoms with Gasteiger partial charge in [0.1, 0.15) is 18.4 Å². The lowest BCUT2D eigenvalue weighted by Crippen LogP contribution is -2.48. The fourth-order valence-corrected chi connectivity index (χ4v) is 6.83. The Balaban J connectivity index is 1.13. The minimum absolute atomic E-state index is 0.0508. The minimum Gasteiger partial charge on any atom is -0.493 e. The lowest BCUT2D eigenvalue weighted by atomic mass is 9.98. The number of alkyl carbamates (subject to hydrolysis) is 1. The van der Waals surface area contributed by atoms with Gasteiger partial charge in [-0.15, -0.1) is 0 Å². The van der Waals surface area contributed by atoms with Gasteiger partial charge in [0, 0.05) is 39.2 Å². The number of aliphatic imine (C=N–C) groups is 1. The topological polar surface area (TPSA) is 116 Å². The maximum Gasteiger partial charge on any atom is 0.414 e. The van der Waals surface area contributed by atoms with E-state index in [0.29, 0.717) is 49.7 Å². The average Bonchev–Trinajstić information content (AvgIpc) is 3.18. The van der Waals surface area contributed by atoms with Crippen LogP contribution in [0.2, 0.25) is 0 Å². The highest BCUT2D eigenvalue weighted by Crippen LogP contribution is 2.34. The van der Waals surface area contributed by atoms with E-state index < -0.39 is 6.09 Å². The summed E-state index contributed by atoms with van der Waals surface area (Å²) in [6.07, 6.45) is 5.01. The number of nitrogens with zero attached hydrogens (tertiary/aromatic N) is 4. The normalized spacial score (nSPS) is 14.0. The smallest absolute Gasteiger partial charge is 0.414 e. The molecule has 4 aromatic rings. The first kappa shape index (κ1) is 37.9. The maximum atomic E-state index is 13.5. The van der Waals surface area contributed by atoms with Crippen molar-refractivity contribution in [2.75, 3.05) is 37.5 Å². The second-order valence-corrected chi connectivity index (χ2v) is 14.0. The molecule has 0 spiro atoms. The van der Waals surface area contributed by atoms with E-state index in [1.54, 1.807) is 4.90 Å². The summed E-state index contributed by atoms with van der Waals surface area (Å²) in [5.41, 5.74) is 5.11. The number of fused-ring (bicyclic) bond motifs is 1. The largest absolute Gasteiger partial charge is 0.493 e. The van der Waals surface area contributed by atoms with Crippen molar-refractivity contribution in [2.45, 2.75) is 70.7 Å². The number of anilines is 2. The number of carbonyl (C=O) groups excluding carboxylic acids is 3. The van der Waals surface area contributed by atoms with Crippen LogP contribution in [0.25, 0.3) is 0 Å². The summed E-state index contributed by atoms with van der Waals surface area (Å²) in [5, 5.41) is 5.85. The molecule has 3 amide bonds. The van der Waals surface area contributed by atoms with Crippen LogP contribution in [0.1, 0.15) is 61.6 Å². The molecule has 11 nitrogen and oxygen atoms in total. The molecule has 1 fully saturated rings. The lowest BCUT2D eigenvalue weighted by molar-refractivity contribution is -0.132. The lowest BCUT2D eigenvalue weighted by Gasteiger charge is -2.31. The zero-order valence-corrected chi connectivity index (χ0v) is 31.2. The second-order valence-electron chi connectivity index (χ2n) is 14.0. The van der Waals surface area contributed by atoms with Crippen LogP contribution in [0, 0.1) is 0 Å². The molecule has 2 aliphatic rings. The van der Waals surface area contributed by atoms with Crippen molar-refractivity contribution in [1.82, 2.24) is 15.1 Å². The maximum absolute atomic E-state index is 13.5. The van der Waals surface area contributed by atoms with Gasteiger partial charge in [0.15, 0.2) is 0 Å². The van der Waals surface area contributed by atoms with Gasteiger partial charge >= 0.3 is 6.09 Å². The van der Waals surface area contributed by atoms with Gasteiger partial charge in [0.2, 0.25) is 17.8 Å². The Morgan fingerprint density at radius 1 is 0.796 bits per heavy atom. The van der Waals surface area contributed by atoms with Gasteiger partial charge in [-0.25, -0.2) is 9.79 Å². The van der Waals surface area contributed by atoms with Gasteiger partial charge in [-0.05, 0) is 67.5 Å². The molecule has 54 heavy (non-hydrogen) atoms. The molecule has 11 heteroatoms. The van der Waals surface area contributed by atoms with Crippen molar-refractivity contribution in [3.8, 4) is 5.75 Å². The van der Waals surface area contributed by atoms with E-state index in [0.717, 1.165) is 54.5 Å². The van der Waals surface area contributed by atoms with Gasteiger partial charge in [-0.1, -0.05) is 85.3 Å². The standard InChI is InChI=1S/C43H50N6O5/c1-47(2)38-24-13-12-22-37(38)44-40(50)31-49-30-35-36(45-42(49)46-43(52)54-34-20-10-5-11-21-34)23-14-25-39(35)53-27-15-26-41(51)48(28-32-16-6-3-7-17-32)29-33-18-8-4-9-19-33/h3-4,6-9,12-14,16-19,22-25,34H,5,10-11,15,20-21,26-31H2,1-2H3,(H,44,50)(H,45,46,52). The van der Waals surface area contributed by atoms with E-state index in [1.807, 2.05) is 127 Å². The number of ether oxygens (including phenoxy) is 2. The SMILES string of the molecule is CN(C)c1ccccc1NC(=O)CN1Cc2c(cccc2OCCCC(=O)N(Cc2ccccc2)Cc2ccccc2)N=C1NC(=O)OC1CCCCC1. The van der Waals surface area contributed by atoms with Gasteiger partial charge in [-0.2, -0.15) is 0 Å². The van der Waals surface area contributed by atoms with E-state index in [2.05, 4.69) is 10.6 Å². The van der Waals surface area contributed by atoms with Gasteiger partial charge in [0.05, 0.1) is 30.2 Å². The number of hydrogen-bond acceptors (Lipinski definition) is 8. The molecule has 0 aromatic heterocycles. The molecular weight excluding hydrogens is 681 g/mol. The summed E-state index contributed by atoms with van der Waals surface area (Å²) in [4.78, 5) is 50.5. The fourth-order valence-electron chi connectivity index (χ4n) is 6.83. The van der Waals surface area contributed by atoms with E-state index in [4.69, 9.17) is 14.5 Å². The second kappa shape index (κ2) is 18.8. The number of carbonyl (C=O) groups is 3. The van der Waals surface area contributed by atoms with Crippen LogP contribution in [0.3, 0.4) is 0 Å². The molecule has 0 unspecified atom stereocenters. The molecule has 0 atom stereocenters. The van der Waals surface area contributed by atoms with Crippen molar-refractivity contribution >= 4 is 40.9 Å². The molecule has 0 bridgehead atoms. The molecule has 0 radical (unpaired) electrons. The van der Waals surface area contributed by atoms with Gasteiger partial charge in [-0.3, -0.25) is 14.9 Å². The Kier molecular flexibility index (Phi) is 13.2. The molecule has 4 aromatic carbocycles. The number of rotatable bonds is 14. The summed E-state index contributed by atoms with van der Waals surface area (Å²) in [6.45, 7) is 1.54. The molecule has 1 aliphatic carbocycles.